The highest BCUT2D eigenvalue weighted by Gasteiger charge is 2.13. The van der Waals surface area contributed by atoms with Gasteiger partial charge in [0.25, 0.3) is 11.4 Å². The van der Waals surface area contributed by atoms with Gasteiger partial charge in [-0.1, -0.05) is 12.1 Å². The van der Waals surface area contributed by atoms with Crippen LogP contribution >= 0.6 is 0 Å². The van der Waals surface area contributed by atoms with Crippen LogP contribution in [0.1, 0.15) is 0 Å². The average Bonchev–Trinajstić information content (AvgIpc) is 2.43. The Bertz CT molecular complexity index is 874. The fourth-order valence-corrected chi connectivity index (χ4v) is 2.27. The number of nitro benzene ring substituents is 2. The Balaban J connectivity index is 2.38. The van der Waals surface area contributed by atoms with Crippen molar-refractivity contribution in [3.63, 3.8) is 0 Å². The fourth-order valence-electron chi connectivity index (χ4n) is 2.27. The lowest BCUT2D eigenvalue weighted by molar-refractivity contribution is -0.384. The van der Waals surface area contributed by atoms with Gasteiger partial charge in [-0.2, -0.15) is 0 Å². The Morgan fingerprint density at radius 3 is 2.25 bits per heavy atom. The molecule has 0 unspecified atom stereocenters. The molecule has 0 aromatic heterocycles. The van der Waals surface area contributed by atoms with Crippen LogP contribution in [0.2, 0.25) is 0 Å². The molecule has 0 saturated carbocycles. The van der Waals surface area contributed by atoms with Crippen LogP contribution in [0, 0.1) is 20.2 Å². The van der Waals surface area contributed by atoms with E-state index >= 15 is 0 Å². The molecule has 6 heteroatoms. The van der Waals surface area contributed by atoms with Crippen LogP contribution in [0.3, 0.4) is 0 Å². The summed E-state index contributed by atoms with van der Waals surface area (Å²) >= 11 is 0. The molecule has 0 N–H and O–H groups in total. The summed E-state index contributed by atoms with van der Waals surface area (Å²) in [6.45, 7) is 0. The molecule has 0 aliphatic rings. The number of non-ortho nitro benzene ring substituents is 2. The SMILES string of the molecule is O=[N+]([O-])c1ccc2cc3cccc([N+](=O)[O-])c3cc2c1. The van der Waals surface area contributed by atoms with E-state index in [9.17, 15) is 20.2 Å². The monoisotopic (exact) mass is 268 g/mol. The zero-order valence-corrected chi connectivity index (χ0v) is 10.1. The van der Waals surface area contributed by atoms with E-state index < -0.39 is 9.85 Å². The van der Waals surface area contributed by atoms with E-state index in [1.807, 2.05) is 0 Å². The molecule has 98 valence electrons. The molecule has 3 aromatic rings. The molecule has 3 rings (SSSR count). The highest BCUT2D eigenvalue weighted by atomic mass is 16.6. The van der Waals surface area contributed by atoms with Gasteiger partial charge >= 0.3 is 0 Å². The van der Waals surface area contributed by atoms with Crippen molar-refractivity contribution in [2.24, 2.45) is 0 Å². The van der Waals surface area contributed by atoms with Gasteiger partial charge in [-0.25, -0.2) is 0 Å². The summed E-state index contributed by atoms with van der Waals surface area (Å²) < 4.78 is 0. The topological polar surface area (TPSA) is 86.3 Å². The van der Waals surface area contributed by atoms with Crippen LogP contribution in [0.25, 0.3) is 21.5 Å². The van der Waals surface area contributed by atoms with Gasteiger partial charge in [0.1, 0.15) is 0 Å². The quantitative estimate of drug-likeness (QED) is 0.401. The normalized spacial score (nSPS) is 10.8. The molecule has 0 atom stereocenters. The second-order valence-electron chi connectivity index (χ2n) is 4.40. The Kier molecular flexibility index (Phi) is 2.57. The van der Waals surface area contributed by atoms with Crippen molar-refractivity contribution >= 4 is 32.9 Å². The molecule has 0 fully saturated rings. The van der Waals surface area contributed by atoms with Crippen LogP contribution in [0.15, 0.2) is 48.5 Å². The third-order valence-corrected chi connectivity index (χ3v) is 3.21. The van der Waals surface area contributed by atoms with E-state index in [-0.39, 0.29) is 11.4 Å². The second kappa shape index (κ2) is 4.27. The molecule has 0 amide bonds. The van der Waals surface area contributed by atoms with Crippen LogP contribution < -0.4 is 0 Å². The number of nitrogens with zero attached hydrogens (tertiary/aromatic N) is 2. The summed E-state index contributed by atoms with van der Waals surface area (Å²) in [4.78, 5) is 20.9. The smallest absolute Gasteiger partial charge is 0.258 e. The van der Waals surface area contributed by atoms with Crippen molar-refractivity contribution in [3.05, 3.63) is 68.8 Å². The van der Waals surface area contributed by atoms with E-state index in [0.29, 0.717) is 10.8 Å². The van der Waals surface area contributed by atoms with Crippen LogP contribution in [0.4, 0.5) is 11.4 Å². The first-order valence-electron chi connectivity index (χ1n) is 5.81. The molecule has 0 bridgehead atoms. The molecular formula is C14H8N2O4. The number of rotatable bonds is 2. The molecule has 0 saturated heterocycles. The van der Waals surface area contributed by atoms with E-state index in [2.05, 4.69) is 0 Å². The van der Waals surface area contributed by atoms with E-state index in [4.69, 9.17) is 0 Å². The van der Waals surface area contributed by atoms with Crippen molar-refractivity contribution in [2.45, 2.75) is 0 Å². The predicted molar refractivity (Wildman–Crippen MR) is 74.8 cm³/mol. The summed E-state index contributed by atoms with van der Waals surface area (Å²) in [5.74, 6) is 0. The number of fused-ring (bicyclic) bond motifs is 2. The zero-order chi connectivity index (χ0) is 14.3. The summed E-state index contributed by atoms with van der Waals surface area (Å²) in [5.41, 5.74) is -0.0358. The standard InChI is InChI=1S/C14H8N2O4/c17-15(18)12-5-4-9-6-10-2-1-3-14(16(19)20)13(10)8-11(9)7-12/h1-8H. The lowest BCUT2D eigenvalue weighted by atomic mass is 10.0. The number of hydrogen-bond acceptors (Lipinski definition) is 4. The molecule has 0 radical (unpaired) electrons. The van der Waals surface area contributed by atoms with Crippen molar-refractivity contribution in [1.82, 2.24) is 0 Å². The van der Waals surface area contributed by atoms with Crippen LogP contribution in [-0.4, -0.2) is 9.85 Å². The second-order valence-corrected chi connectivity index (χ2v) is 4.40. The molecule has 0 aliphatic heterocycles. The molecular weight excluding hydrogens is 260 g/mol. The van der Waals surface area contributed by atoms with Crippen molar-refractivity contribution in [1.29, 1.82) is 0 Å². The minimum Gasteiger partial charge on any atom is -0.258 e. The lowest BCUT2D eigenvalue weighted by Crippen LogP contribution is -1.90. The van der Waals surface area contributed by atoms with Crippen LogP contribution in [0.5, 0.6) is 0 Å². The fraction of sp³-hybridized carbons (Fsp3) is 0. The summed E-state index contributed by atoms with van der Waals surface area (Å²) in [6, 6.07) is 12.7. The van der Waals surface area contributed by atoms with E-state index in [1.165, 1.54) is 18.2 Å². The molecule has 3 aromatic carbocycles. The van der Waals surface area contributed by atoms with Gasteiger partial charge in [-0.05, 0) is 34.4 Å². The van der Waals surface area contributed by atoms with Gasteiger partial charge < -0.3 is 0 Å². The highest BCUT2D eigenvalue weighted by molar-refractivity contribution is 6.02. The third kappa shape index (κ3) is 1.83. The minimum atomic E-state index is -0.483. The van der Waals surface area contributed by atoms with Crippen molar-refractivity contribution in [2.75, 3.05) is 0 Å². The van der Waals surface area contributed by atoms with E-state index in [0.717, 1.165) is 10.8 Å². The summed E-state index contributed by atoms with van der Waals surface area (Å²) in [7, 11) is 0. The van der Waals surface area contributed by atoms with E-state index in [1.54, 1.807) is 30.3 Å². The Labute approximate surface area is 112 Å². The van der Waals surface area contributed by atoms with Gasteiger partial charge in [0.05, 0.1) is 15.2 Å². The Morgan fingerprint density at radius 2 is 1.55 bits per heavy atom. The largest absolute Gasteiger partial charge is 0.277 e. The average molecular weight is 268 g/mol. The molecule has 6 nitrogen and oxygen atoms in total. The third-order valence-electron chi connectivity index (χ3n) is 3.21. The van der Waals surface area contributed by atoms with Gasteiger partial charge in [-0.15, -0.1) is 0 Å². The van der Waals surface area contributed by atoms with Crippen molar-refractivity contribution < 1.29 is 9.85 Å². The van der Waals surface area contributed by atoms with Crippen molar-refractivity contribution in [3.8, 4) is 0 Å². The van der Waals surface area contributed by atoms with Crippen LogP contribution in [-0.2, 0) is 0 Å². The van der Waals surface area contributed by atoms with Gasteiger partial charge in [0.2, 0.25) is 0 Å². The molecule has 0 heterocycles. The Morgan fingerprint density at radius 1 is 0.750 bits per heavy atom. The van der Waals surface area contributed by atoms with Gasteiger partial charge in [0, 0.05) is 18.2 Å². The molecule has 20 heavy (non-hydrogen) atoms. The number of hydrogen-bond donors (Lipinski definition) is 0. The lowest BCUT2D eigenvalue weighted by Gasteiger charge is -2.03. The maximum Gasteiger partial charge on any atom is 0.277 e. The summed E-state index contributed by atoms with van der Waals surface area (Å²) in [5, 5.41) is 24.4. The first-order valence-corrected chi connectivity index (χ1v) is 5.81. The first kappa shape index (κ1) is 12.0. The highest BCUT2D eigenvalue weighted by Crippen LogP contribution is 2.31. The number of nitro groups is 2. The predicted octanol–water partition coefficient (Wildman–Crippen LogP) is 3.81. The van der Waals surface area contributed by atoms with Gasteiger partial charge in [0.15, 0.2) is 0 Å². The maximum atomic E-state index is 11.0. The Hall–Kier alpha value is -3.02. The first-order chi connectivity index (χ1) is 9.56. The minimum absolute atomic E-state index is 0.00379. The number of benzene rings is 3. The molecule has 0 aliphatic carbocycles. The molecule has 0 spiro atoms. The zero-order valence-electron chi connectivity index (χ0n) is 10.1. The summed E-state index contributed by atoms with van der Waals surface area (Å²) in [6.07, 6.45) is 0. The van der Waals surface area contributed by atoms with Gasteiger partial charge in [-0.3, -0.25) is 20.2 Å². The maximum absolute atomic E-state index is 11.0.